The van der Waals surface area contributed by atoms with Gasteiger partial charge in [-0.3, -0.25) is 0 Å². The van der Waals surface area contributed by atoms with E-state index in [0.717, 1.165) is 31.3 Å². The van der Waals surface area contributed by atoms with Crippen LogP contribution in [-0.4, -0.2) is 19.0 Å². The van der Waals surface area contributed by atoms with Gasteiger partial charge in [0.15, 0.2) is 0 Å². The first-order valence-electron chi connectivity index (χ1n) is 5.12. The van der Waals surface area contributed by atoms with E-state index in [0.29, 0.717) is 0 Å². The number of thiol groups is 1. The van der Waals surface area contributed by atoms with Gasteiger partial charge in [-0.2, -0.15) is 12.6 Å². The fraction of sp³-hybridized carbons (Fsp3) is 1.00. The van der Waals surface area contributed by atoms with E-state index in [1.165, 1.54) is 32.1 Å². The Labute approximate surface area is 81.3 Å². The number of hydrogen-bond donors (Lipinski definition) is 1. The molecule has 1 aliphatic carbocycles. The molecule has 0 aromatic carbocycles. The summed E-state index contributed by atoms with van der Waals surface area (Å²) in [4.78, 5) is 0. The number of hydrogen-bond acceptors (Lipinski definition) is 2. The molecule has 1 saturated carbocycles. The molecule has 1 aliphatic rings. The van der Waals surface area contributed by atoms with Crippen LogP contribution in [-0.2, 0) is 4.74 Å². The summed E-state index contributed by atoms with van der Waals surface area (Å²) in [6.07, 6.45) is 8.14. The average molecular weight is 188 g/mol. The Morgan fingerprint density at radius 2 is 1.92 bits per heavy atom. The molecular weight excluding hydrogens is 168 g/mol. The summed E-state index contributed by atoms with van der Waals surface area (Å²) in [6, 6.07) is 0. The zero-order chi connectivity index (χ0) is 8.65. The predicted octanol–water partition coefficient (Wildman–Crippen LogP) is 2.90. The van der Waals surface area contributed by atoms with E-state index >= 15 is 0 Å². The molecule has 0 aliphatic heterocycles. The van der Waals surface area contributed by atoms with Crippen molar-refractivity contribution in [3.8, 4) is 0 Å². The van der Waals surface area contributed by atoms with Crippen LogP contribution in [0, 0.1) is 5.92 Å². The van der Waals surface area contributed by atoms with Gasteiger partial charge >= 0.3 is 0 Å². The molecule has 2 heteroatoms. The van der Waals surface area contributed by atoms with Crippen molar-refractivity contribution in [3.05, 3.63) is 0 Å². The summed E-state index contributed by atoms with van der Waals surface area (Å²) in [5.74, 6) is 1.81. The molecule has 72 valence electrons. The Morgan fingerprint density at radius 1 is 1.17 bits per heavy atom. The lowest BCUT2D eigenvalue weighted by atomic mass is 9.90. The second-order valence-corrected chi connectivity index (χ2v) is 4.10. The van der Waals surface area contributed by atoms with Crippen LogP contribution in [0.3, 0.4) is 0 Å². The van der Waals surface area contributed by atoms with Crippen LogP contribution in [0.1, 0.15) is 38.5 Å². The quantitative estimate of drug-likeness (QED) is 0.515. The zero-order valence-electron chi connectivity index (χ0n) is 7.80. The lowest BCUT2D eigenvalue weighted by Gasteiger charge is -2.21. The van der Waals surface area contributed by atoms with E-state index in [4.69, 9.17) is 4.74 Å². The van der Waals surface area contributed by atoms with Crippen molar-refractivity contribution in [1.29, 1.82) is 0 Å². The van der Waals surface area contributed by atoms with Crippen molar-refractivity contribution in [1.82, 2.24) is 0 Å². The maximum absolute atomic E-state index is 5.56. The average Bonchev–Trinajstić information content (AvgIpc) is 2.14. The highest BCUT2D eigenvalue weighted by Crippen LogP contribution is 2.23. The van der Waals surface area contributed by atoms with Crippen molar-refractivity contribution >= 4 is 12.6 Å². The highest BCUT2D eigenvalue weighted by Gasteiger charge is 2.12. The maximum atomic E-state index is 5.56. The third kappa shape index (κ3) is 4.36. The summed E-state index contributed by atoms with van der Waals surface area (Å²) >= 11 is 4.14. The highest BCUT2D eigenvalue weighted by atomic mass is 32.1. The van der Waals surface area contributed by atoms with Crippen molar-refractivity contribution in [2.24, 2.45) is 5.92 Å². The van der Waals surface area contributed by atoms with E-state index in [1.807, 2.05) is 0 Å². The van der Waals surface area contributed by atoms with E-state index in [-0.39, 0.29) is 0 Å². The molecule has 0 spiro atoms. The molecule has 0 N–H and O–H groups in total. The molecule has 1 fully saturated rings. The monoisotopic (exact) mass is 188 g/mol. The van der Waals surface area contributed by atoms with Crippen molar-refractivity contribution in [2.75, 3.05) is 19.0 Å². The smallest absolute Gasteiger partial charge is 0.0494 e. The van der Waals surface area contributed by atoms with E-state index in [2.05, 4.69) is 12.6 Å². The number of rotatable bonds is 5. The van der Waals surface area contributed by atoms with Gasteiger partial charge in [0.25, 0.3) is 0 Å². The molecular formula is C10H20OS. The Balaban J connectivity index is 1.91. The van der Waals surface area contributed by atoms with Gasteiger partial charge in [0.2, 0.25) is 0 Å². The normalized spacial score (nSPS) is 19.8. The van der Waals surface area contributed by atoms with Gasteiger partial charge in [-0.15, -0.1) is 0 Å². The highest BCUT2D eigenvalue weighted by molar-refractivity contribution is 7.80. The molecule has 0 aromatic heterocycles. The zero-order valence-corrected chi connectivity index (χ0v) is 8.69. The predicted molar refractivity (Wildman–Crippen MR) is 55.9 cm³/mol. The van der Waals surface area contributed by atoms with E-state index in [9.17, 15) is 0 Å². The summed E-state index contributed by atoms with van der Waals surface area (Å²) in [7, 11) is 0. The fourth-order valence-corrected chi connectivity index (χ4v) is 1.90. The van der Waals surface area contributed by atoms with Gasteiger partial charge in [-0.1, -0.05) is 19.3 Å². The summed E-state index contributed by atoms with van der Waals surface area (Å²) < 4.78 is 5.56. The standard InChI is InChI=1S/C10H20OS/c12-8-4-7-11-9-10-5-2-1-3-6-10/h10,12H,1-9H2. The minimum absolute atomic E-state index is 0.860. The van der Waals surface area contributed by atoms with Crippen LogP contribution in [0.15, 0.2) is 0 Å². The SMILES string of the molecule is SCCCOCC1CCCCC1. The minimum Gasteiger partial charge on any atom is -0.381 e. The van der Waals surface area contributed by atoms with Crippen LogP contribution in [0.5, 0.6) is 0 Å². The van der Waals surface area contributed by atoms with E-state index < -0.39 is 0 Å². The number of ether oxygens (including phenoxy) is 1. The molecule has 0 saturated heterocycles. The molecule has 1 rings (SSSR count). The van der Waals surface area contributed by atoms with E-state index in [1.54, 1.807) is 0 Å². The van der Waals surface area contributed by atoms with Crippen molar-refractivity contribution < 1.29 is 4.74 Å². The largest absolute Gasteiger partial charge is 0.381 e. The van der Waals surface area contributed by atoms with Crippen molar-refractivity contribution in [3.63, 3.8) is 0 Å². The Hall–Kier alpha value is 0.310. The van der Waals surface area contributed by atoms with Gasteiger partial charge in [0, 0.05) is 13.2 Å². The van der Waals surface area contributed by atoms with Gasteiger partial charge in [0.05, 0.1) is 0 Å². The molecule has 12 heavy (non-hydrogen) atoms. The first-order valence-corrected chi connectivity index (χ1v) is 5.75. The van der Waals surface area contributed by atoms with Crippen LogP contribution < -0.4 is 0 Å². The Morgan fingerprint density at radius 3 is 2.58 bits per heavy atom. The molecule has 1 nitrogen and oxygen atoms in total. The third-order valence-electron chi connectivity index (χ3n) is 2.53. The van der Waals surface area contributed by atoms with Gasteiger partial charge in [-0.05, 0) is 30.9 Å². The second kappa shape index (κ2) is 6.79. The lowest BCUT2D eigenvalue weighted by Crippen LogP contribution is -2.13. The van der Waals surface area contributed by atoms with Gasteiger partial charge in [0.1, 0.15) is 0 Å². The minimum atomic E-state index is 0.860. The van der Waals surface area contributed by atoms with Crippen LogP contribution in [0.25, 0.3) is 0 Å². The topological polar surface area (TPSA) is 9.23 Å². The first kappa shape index (κ1) is 10.4. The van der Waals surface area contributed by atoms with Crippen LogP contribution >= 0.6 is 12.6 Å². The summed E-state index contributed by atoms with van der Waals surface area (Å²) in [6.45, 7) is 1.90. The maximum Gasteiger partial charge on any atom is 0.0494 e. The molecule has 0 amide bonds. The Bertz CT molecular complexity index is 100. The summed E-state index contributed by atoms with van der Waals surface area (Å²) in [5.41, 5.74) is 0. The Kier molecular flexibility index (Phi) is 5.88. The van der Waals surface area contributed by atoms with Crippen LogP contribution in [0.4, 0.5) is 0 Å². The molecule has 0 atom stereocenters. The first-order chi connectivity index (χ1) is 5.93. The van der Waals surface area contributed by atoms with Crippen molar-refractivity contribution in [2.45, 2.75) is 38.5 Å². The summed E-state index contributed by atoms with van der Waals surface area (Å²) in [5, 5.41) is 0. The fourth-order valence-electron chi connectivity index (χ4n) is 1.77. The van der Waals surface area contributed by atoms with Gasteiger partial charge < -0.3 is 4.74 Å². The molecule has 0 radical (unpaired) electrons. The lowest BCUT2D eigenvalue weighted by molar-refractivity contribution is 0.0863. The molecule has 0 aromatic rings. The van der Waals surface area contributed by atoms with Gasteiger partial charge in [-0.25, -0.2) is 0 Å². The molecule has 0 bridgehead atoms. The van der Waals surface area contributed by atoms with Crippen LogP contribution in [0.2, 0.25) is 0 Å². The molecule has 0 unspecified atom stereocenters. The third-order valence-corrected chi connectivity index (χ3v) is 2.84. The second-order valence-electron chi connectivity index (χ2n) is 3.66. The molecule has 0 heterocycles.